The standard InChI is InChI=1S/C64H60N2O2/c1-6-54-25-12-16-47(3)63(54)65(58-36-28-49(29-37-58)18-8-10-20-51-22-14-24-53(44-51)46-67)60-40-32-56(33-41-60)57-34-42-61(43-35-57)66(64-48(4)17-13-26-55(64)7-2)59-38-30-50(31-39-59)19-9-11-21-52-23-15-27-62(45-52)68-5/h8-45,67H,6-7,46H2,1-5H3/b18-8+,19-9+,20-10+,21-11+. The molecule has 68 heavy (non-hydrogen) atoms. The highest BCUT2D eigenvalue weighted by molar-refractivity contribution is 5.84. The lowest BCUT2D eigenvalue weighted by Crippen LogP contribution is -2.13. The summed E-state index contributed by atoms with van der Waals surface area (Å²) in [4.78, 5) is 4.80. The summed E-state index contributed by atoms with van der Waals surface area (Å²) in [6, 6.07) is 64.8. The minimum Gasteiger partial charge on any atom is -0.497 e. The Morgan fingerprint density at radius 1 is 0.426 bits per heavy atom. The van der Waals surface area contributed by atoms with Crippen LogP contribution in [0.5, 0.6) is 5.75 Å². The Bertz CT molecular complexity index is 2840. The third-order valence-corrected chi connectivity index (χ3v) is 12.3. The molecule has 0 atom stereocenters. The maximum absolute atomic E-state index is 9.50. The van der Waals surface area contributed by atoms with Gasteiger partial charge in [0, 0.05) is 22.7 Å². The Balaban J connectivity index is 1.05. The smallest absolute Gasteiger partial charge is 0.119 e. The third-order valence-electron chi connectivity index (χ3n) is 12.3. The number of anilines is 6. The molecule has 338 valence electrons. The highest BCUT2D eigenvalue weighted by Gasteiger charge is 2.20. The summed E-state index contributed by atoms with van der Waals surface area (Å²) in [6.07, 6.45) is 18.5. The summed E-state index contributed by atoms with van der Waals surface area (Å²) in [6.45, 7) is 8.91. The predicted molar refractivity (Wildman–Crippen MR) is 291 cm³/mol. The number of aliphatic hydroxyl groups is 1. The van der Waals surface area contributed by atoms with Gasteiger partial charge in [0.2, 0.25) is 0 Å². The SMILES string of the molecule is CCc1cccc(C)c1N(c1ccc(/C=C/C=C/c2cccc(CO)c2)cc1)c1ccc(-c2ccc(N(c3ccc(/C=C/C=C/c4cccc(OC)c4)cc3)c3c(C)cccc3CC)cc2)cc1. The van der Waals surface area contributed by atoms with Gasteiger partial charge in [0.05, 0.1) is 25.1 Å². The molecule has 4 nitrogen and oxygen atoms in total. The molecule has 0 aliphatic carbocycles. The fourth-order valence-electron chi connectivity index (χ4n) is 8.75. The molecular formula is C64H60N2O2. The van der Waals surface area contributed by atoms with Gasteiger partial charge in [-0.15, -0.1) is 0 Å². The Labute approximate surface area is 403 Å². The van der Waals surface area contributed by atoms with E-state index >= 15 is 0 Å². The van der Waals surface area contributed by atoms with Crippen LogP contribution in [0.2, 0.25) is 0 Å². The Kier molecular flexibility index (Phi) is 15.4. The first kappa shape index (κ1) is 46.6. The molecule has 0 spiro atoms. The van der Waals surface area contributed by atoms with Crippen LogP contribution in [-0.4, -0.2) is 12.2 Å². The number of aliphatic hydroxyl groups excluding tert-OH is 1. The van der Waals surface area contributed by atoms with Crippen LogP contribution in [0.25, 0.3) is 35.4 Å². The molecule has 0 aromatic heterocycles. The second kappa shape index (κ2) is 22.5. The van der Waals surface area contributed by atoms with Crippen LogP contribution in [0.15, 0.2) is 206 Å². The first-order valence-corrected chi connectivity index (χ1v) is 23.6. The number of allylic oxidation sites excluding steroid dienone is 4. The van der Waals surface area contributed by atoms with E-state index in [0.717, 1.165) is 80.3 Å². The van der Waals surface area contributed by atoms with Crippen molar-refractivity contribution in [3.05, 3.63) is 256 Å². The molecule has 0 bridgehead atoms. The van der Waals surface area contributed by atoms with E-state index in [1.54, 1.807) is 7.11 Å². The van der Waals surface area contributed by atoms with Crippen LogP contribution in [-0.2, 0) is 19.4 Å². The van der Waals surface area contributed by atoms with E-state index in [0.29, 0.717) is 0 Å². The molecule has 0 saturated heterocycles. The lowest BCUT2D eigenvalue weighted by molar-refractivity contribution is 0.282. The molecule has 1 N–H and O–H groups in total. The van der Waals surface area contributed by atoms with Crippen molar-refractivity contribution in [3.8, 4) is 16.9 Å². The molecule has 0 fully saturated rings. The highest BCUT2D eigenvalue weighted by atomic mass is 16.5. The number of para-hydroxylation sites is 2. The zero-order valence-corrected chi connectivity index (χ0v) is 39.8. The normalized spacial score (nSPS) is 11.6. The van der Waals surface area contributed by atoms with Gasteiger partial charge in [-0.1, -0.05) is 178 Å². The van der Waals surface area contributed by atoms with E-state index in [1.165, 1.54) is 33.6 Å². The minimum atomic E-state index is 0.0401. The van der Waals surface area contributed by atoms with Gasteiger partial charge >= 0.3 is 0 Å². The van der Waals surface area contributed by atoms with E-state index in [4.69, 9.17) is 4.74 Å². The summed E-state index contributed by atoms with van der Waals surface area (Å²) < 4.78 is 5.38. The molecule has 4 heteroatoms. The van der Waals surface area contributed by atoms with Gasteiger partial charge in [-0.05, 0) is 155 Å². The average molecular weight is 889 g/mol. The van der Waals surface area contributed by atoms with E-state index in [-0.39, 0.29) is 6.61 Å². The highest BCUT2D eigenvalue weighted by Crippen LogP contribution is 2.42. The number of rotatable bonds is 17. The van der Waals surface area contributed by atoms with Crippen molar-refractivity contribution in [2.75, 3.05) is 16.9 Å². The number of benzene rings is 8. The molecule has 0 radical (unpaired) electrons. The maximum atomic E-state index is 9.50. The molecule has 0 aliphatic rings. The van der Waals surface area contributed by atoms with Gasteiger partial charge < -0.3 is 19.6 Å². The number of aryl methyl sites for hydroxylation is 4. The first-order chi connectivity index (χ1) is 33.3. The number of methoxy groups -OCH3 is 1. The molecule has 0 amide bonds. The van der Waals surface area contributed by atoms with Crippen molar-refractivity contribution >= 4 is 58.4 Å². The Morgan fingerprint density at radius 3 is 1.22 bits per heavy atom. The number of nitrogens with zero attached hydrogens (tertiary/aromatic N) is 2. The number of hydrogen-bond donors (Lipinski definition) is 1. The summed E-state index contributed by atoms with van der Waals surface area (Å²) in [7, 11) is 1.69. The van der Waals surface area contributed by atoms with Crippen molar-refractivity contribution in [3.63, 3.8) is 0 Å². The predicted octanol–water partition coefficient (Wildman–Crippen LogP) is 17.0. The fraction of sp³-hybridized carbons (Fsp3) is 0.125. The number of hydrogen-bond acceptors (Lipinski definition) is 4. The van der Waals surface area contributed by atoms with Crippen LogP contribution in [0.3, 0.4) is 0 Å². The van der Waals surface area contributed by atoms with Gasteiger partial charge in [-0.2, -0.15) is 0 Å². The van der Waals surface area contributed by atoms with E-state index in [1.807, 2.05) is 48.5 Å². The molecule has 0 heterocycles. The summed E-state index contributed by atoms with van der Waals surface area (Å²) in [5, 5.41) is 9.50. The van der Waals surface area contributed by atoms with Crippen molar-refractivity contribution in [2.45, 2.75) is 47.1 Å². The largest absolute Gasteiger partial charge is 0.497 e. The van der Waals surface area contributed by atoms with E-state index in [2.05, 4.69) is 220 Å². The van der Waals surface area contributed by atoms with Gasteiger partial charge in [0.1, 0.15) is 5.75 Å². The lowest BCUT2D eigenvalue weighted by Gasteiger charge is -2.30. The van der Waals surface area contributed by atoms with Gasteiger partial charge in [-0.3, -0.25) is 0 Å². The van der Waals surface area contributed by atoms with Crippen molar-refractivity contribution < 1.29 is 9.84 Å². The molecule has 0 saturated carbocycles. The average Bonchev–Trinajstić information content (AvgIpc) is 3.39. The third kappa shape index (κ3) is 11.2. The van der Waals surface area contributed by atoms with Crippen molar-refractivity contribution in [2.24, 2.45) is 0 Å². The second-order valence-electron chi connectivity index (χ2n) is 16.9. The monoisotopic (exact) mass is 888 g/mol. The van der Waals surface area contributed by atoms with Gasteiger partial charge in [0.15, 0.2) is 0 Å². The lowest BCUT2D eigenvalue weighted by atomic mass is 10.0. The van der Waals surface area contributed by atoms with Gasteiger partial charge in [0.25, 0.3) is 0 Å². The summed E-state index contributed by atoms with van der Waals surface area (Å²) in [5.41, 5.74) is 19.6. The molecular weight excluding hydrogens is 829 g/mol. The Morgan fingerprint density at radius 2 is 0.809 bits per heavy atom. The maximum Gasteiger partial charge on any atom is 0.119 e. The van der Waals surface area contributed by atoms with Gasteiger partial charge in [-0.25, -0.2) is 0 Å². The van der Waals surface area contributed by atoms with Crippen molar-refractivity contribution in [1.29, 1.82) is 0 Å². The van der Waals surface area contributed by atoms with Crippen molar-refractivity contribution in [1.82, 2.24) is 0 Å². The fourth-order valence-corrected chi connectivity index (χ4v) is 8.75. The topological polar surface area (TPSA) is 35.9 Å². The van der Waals surface area contributed by atoms with Crippen LogP contribution < -0.4 is 14.5 Å². The van der Waals surface area contributed by atoms with E-state index in [9.17, 15) is 5.11 Å². The molecule has 8 rings (SSSR count). The van der Waals surface area contributed by atoms with Crippen LogP contribution >= 0.6 is 0 Å². The zero-order chi connectivity index (χ0) is 47.2. The Hall–Kier alpha value is -7.92. The minimum absolute atomic E-state index is 0.0401. The summed E-state index contributed by atoms with van der Waals surface area (Å²) in [5.74, 6) is 0.850. The molecule has 0 aliphatic heterocycles. The molecule has 8 aromatic rings. The number of ether oxygens (including phenoxy) is 1. The van der Waals surface area contributed by atoms with Crippen LogP contribution in [0.1, 0.15) is 63.9 Å². The second-order valence-corrected chi connectivity index (χ2v) is 16.9. The van der Waals surface area contributed by atoms with Crippen LogP contribution in [0.4, 0.5) is 34.1 Å². The van der Waals surface area contributed by atoms with E-state index < -0.39 is 0 Å². The molecule has 8 aromatic carbocycles. The first-order valence-electron chi connectivity index (χ1n) is 23.6. The molecule has 0 unspecified atom stereocenters. The zero-order valence-electron chi connectivity index (χ0n) is 39.8. The quantitative estimate of drug-likeness (QED) is 0.0924. The summed E-state index contributed by atoms with van der Waals surface area (Å²) >= 11 is 0. The van der Waals surface area contributed by atoms with Crippen LogP contribution in [0, 0.1) is 13.8 Å².